The van der Waals surface area contributed by atoms with Gasteiger partial charge in [-0.3, -0.25) is 14.2 Å². The third-order valence-corrected chi connectivity index (χ3v) is 3.36. The Morgan fingerprint density at radius 1 is 1.32 bits per heavy atom. The fraction of sp³-hybridized carbons (Fsp3) is 0.429. The molecule has 2 heterocycles. The summed E-state index contributed by atoms with van der Waals surface area (Å²) in [6.07, 6.45) is 3.41. The van der Waals surface area contributed by atoms with Crippen LogP contribution in [0.1, 0.15) is 28.7 Å². The van der Waals surface area contributed by atoms with Gasteiger partial charge in [-0.1, -0.05) is 0 Å². The van der Waals surface area contributed by atoms with E-state index >= 15 is 0 Å². The number of likely N-dealkylation sites (N-methyl/N-ethyl adjacent to an activating group) is 1. The van der Waals surface area contributed by atoms with Gasteiger partial charge in [-0.25, -0.2) is 4.79 Å². The number of amides is 1. The first-order chi connectivity index (χ1) is 10.4. The molecule has 8 nitrogen and oxygen atoms in total. The summed E-state index contributed by atoms with van der Waals surface area (Å²) in [5, 5.41) is 17.0. The number of aromatic carboxylic acids is 1. The maximum Gasteiger partial charge on any atom is 0.356 e. The molecule has 2 rings (SSSR count). The number of carboxylic acids is 1. The van der Waals surface area contributed by atoms with E-state index in [0.29, 0.717) is 6.54 Å². The number of carbonyl (C=O) groups is 2. The van der Waals surface area contributed by atoms with E-state index in [-0.39, 0.29) is 18.1 Å². The normalized spacial score (nSPS) is 10.7. The monoisotopic (exact) mass is 305 g/mol. The average molecular weight is 305 g/mol. The van der Waals surface area contributed by atoms with Crippen molar-refractivity contribution in [2.45, 2.75) is 33.5 Å². The summed E-state index contributed by atoms with van der Waals surface area (Å²) >= 11 is 0. The van der Waals surface area contributed by atoms with Gasteiger partial charge in [-0.15, -0.1) is 0 Å². The van der Waals surface area contributed by atoms with Gasteiger partial charge in [0.25, 0.3) is 0 Å². The van der Waals surface area contributed by atoms with Gasteiger partial charge in [0.15, 0.2) is 5.69 Å². The fourth-order valence-corrected chi connectivity index (χ4v) is 2.04. The van der Waals surface area contributed by atoms with Gasteiger partial charge < -0.3 is 10.0 Å². The number of aromatic nitrogens is 4. The second-order valence-corrected chi connectivity index (χ2v) is 5.05. The molecule has 118 valence electrons. The third-order valence-electron chi connectivity index (χ3n) is 3.36. The lowest BCUT2D eigenvalue weighted by Gasteiger charge is -2.16. The lowest BCUT2D eigenvalue weighted by molar-refractivity contribution is -0.131. The van der Waals surface area contributed by atoms with Crippen molar-refractivity contribution in [2.24, 2.45) is 0 Å². The molecule has 2 aromatic rings. The Kier molecular flexibility index (Phi) is 4.59. The topological polar surface area (TPSA) is 93.2 Å². The summed E-state index contributed by atoms with van der Waals surface area (Å²) < 4.78 is 3.15. The maximum absolute atomic E-state index is 12.2. The van der Waals surface area contributed by atoms with Crippen molar-refractivity contribution in [1.29, 1.82) is 0 Å². The molecule has 0 atom stereocenters. The van der Waals surface area contributed by atoms with E-state index in [1.807, 2.05) is 24.7 Å². The van der Waals surface area contributed by atoms with Crippen LogP contribution in [0.3, 0.4) is 0 Å². The largest absolute Gasteiger partial charge is 0.476 e. The molecule has 0 bridgehead atoms. The Balaban J connectivity index is 1.99. The van der Waals surface area contributed by atoms with Crippen molar-refractivity contribution in [2.75, 3.05) is 7.05 Å². The van der Waals surface area contributed by atoms with E-state index in [1.165, 1.54) is 16.9 Å². The second-order valence-electron chi connectivity index (χ2n) is 5.05. The zero-order chi connectivity index (χ0) is 16.3. The number of carbonyl (C=O) groups excluding carboxylic acids is 1. The Labute approximate surface area is 127 Å². The molecule has 22 heavy (non-hydrogen) atoms. The molecule has 0 aliphatic heterocycles. The number of hydrogen-bond donors (Lipinski definition) is 1. The van der Waals surface area contributed by atoms with Crippen molar-refractivity contribution in [3.05, 3.63) is 35.4 Å². The molecule has 0 fully saturated rings. The molecule has 0 aromatic carbocycles. The van der Waals surface area contributed by atoms with Gasteiger partial charge in [-0.2, -0.15) is 10.2 Å². The van der Waals surface area contributed by atoms with Gasteiger partial charge in [0.05, 0.1) is 5.69 Å². The minimum atomic E-state index is -1.11. The van der Waals surface area contributed by atoms with Crippen LogP contribution in [-0.4, -0.2) is 48.5 Å². The SMILES string of the molecule is CCn1cc(CN(C)C(=O)Cn2ccc(C(=O)O)n2)c(C)n1. The van der Waals surface area contributed by atoms with Crippen molar-refractivity contribution < 1.29 is 14.7 Å². The highest BCUT2D eigenvalue weighted by atomic mass is 16.4. The van der Waals surface area contributed by atoms with E-state index < -0.39 is 5.97 Å². The highest BCUT2D eigenvalue weighted by molar-refractivity contribution is 5.85. The van der Waals surface area contributed by atoms with Crippen molar-refractivity contribution >= 4 is 11.9 Å². The molecular formula is C14H19N5O3. The molecule has 1 N–H and O–H groups in total. The van der Waals surface area contributed by atoms with Crippen LogP contribution in [0.4, 0.5) is 0 Å². The molecule has 2 aromatic heterocycles. The van der Waals surface area contributed by atoms with Crippen LogP contribution in [0.2, 0.25) is 0 Å². The maximum atomic E-state index is 12.2. The lowest BCUT2D eigenvalue weighted by Crippen LogP contribution is -2.30. The Morgan fingerprint density at radius 3 is 2.59 bits per heavy atom. The van der Waals surface area contributed by atoms with Gasteiger partial charge in [0, 0.05) is 38.1 Å². The zero-order valence-corrected chi connectivity index (χ0v) is 12.9. The predicted molar refractivity (Wildman–Crippen MR) is 78.3 cm³/mol. The second kappa shape index (κ2) is 6.42. The molecule has 0 saturated heterocycles. The average Bonchev–Trinajstić information content (AvgIpc) is 3.06. The Bertz CT molecular complexity index is 688. The minimum absolute atomic E-state index is 0.00470. The van der Waals surface area contributed by atoms with Gasteiger partial charge in [0.1, 0.15) is 6.54 Å². The fourth-order valence-electron chi connectivity index (χ4n) is 2.04. The summed E-state index contributed by atoms with van der Waals surface area (Å²) in [5.41, 5.74) is 1.81. The highest BCUT2D eigenvalue weighted by Crippen LogP contribution is 2.09. The smallest absolute Gasteiger partial charge is 0.356 e. The standard InChI is InChI=1S/C14H19N5O3/c1-4-18-8-11(10(2)15-18)7-17(3)13(20)9-19-6-5-12(16-19)14(21)22/h5-6,8H,4,7,9H2,1-3H3,(H,21,22). The van der Waals surface area contributed by atoms with Crippen LogP contribution in [0.25, 0.3) is 0 Å². The first kappa shape index (κ1) is 15.7. The van der Waals surface area contributed by atoms with Gasteiger partial charge in [-0.05, 0) is 19.9 Å². The first-order valence-electron chi connectivity index (χ1n) is 6.94. The molecule has 0 aliphatic rings. The number of hydrogen-bond acceptors (Lipinski definition) is 4. The van der Waals surface area contributed by atoms with Gasteiger partial charge in [0.2, 0.25) is 5.91 Å². The molecule has 8 heteroatoms. The molecule has 0 unspecified atom stereocenters. The van der Waals surface area contributed by atoms with Crippen LogP contribution >= 0.6 is 0 Å². The van der Waals surface area contributed by atoms with E-state index in [0.717, 1.165) is 17.8 Å². The van der Waals surface area contributed by atoms with Crippen molar-refractivity contribution in [3.63, 3.8) is 0 Å². The third kappa shape index (κ3) is 3.51. The first-order valence-corrected chi connectivity index (χ1v) is 6.94. The van der Waals surface area contributed by atoms with E-state index in [9.17, 15) is 9.59 Å². The predicted octanol–water partition coefficient (Wildman–Crippen LogP) is 0.765. The molecule has 0 aliphatic carbocycles. The Hall–Kier alpha value is -2.64. The van der Waals surface area contributed by atoms with Crippen LogP contribution in [-0.2, 0) is 24.4 Å². The summed E-state index contributed by atoms with van der Waals surface area (Å²) in [4.78, 5) is 24.5. The molecular weight excluding hydrogens is 286 g/mol. The molecule has 0 spiro atoms. The van der Waals surface area contributed by atoms with E-state index in [1.54, 1.807) is 11.9 Å². The Morgan fingerprint density at radius 2 is 2.05 bits per heavy atom. The summed E-state index contributed by atoms with van der Waals surface area (Å²) in [6, 6.07) is 1.37. The number of nitrogens with zero attached hydrogens (tertiary/aromatic N) is 5. The quantitative estimate of drug-likeness (QED) is 0.850. The lowest BCUT2D eigenvalue weighted by atomic mass is 10.2. The molecule has 0 saturated carbocycles. The zero-order valence-electron chi connectivity index (χ0n) is 12.9. The summed E-state index contributed by atoms with van der Waals surface area (Å²) in [7, 11) is 1.70. The van der Waals surface area contributed by atoms with Crippen LogP contribution < -0.4 is 0 Å². The number of aryl methyl sites for hydroxylation is 2. The summed E-state index contributed by atoms with van der Waals surface area (Å²) in [6.45, 7) is 5.15. The molecule has 1 amide bonds. The number of carboxylic acid groups (broad SMARTS) is 1. The minimum Gasteiger partial charge on any atom is -0.476 e. The number of rotatable bonds is 6. The van der Waals surface area contributed by atoms with Crippen LogP contribution in [0.5, 0.6) is 0 Å². The van der Waals surface area contributed by atoms with Crippen LogP contribution in [0, 0.1) is 6.92 Å². The van der Waals surface area contributed by atoms with E-state index in [4.69, 9.17) is 5.11 Å². The van der Waals surface area contributed by atoms with Crippen LogP contribution in [0.15, 0.2) is 18.5 Å². The molecule has 0 radical (unpaired) electrons. The van der Waals surface area contributed by atoms with Crippen molar-refractivity contribution in [3.8, 4) is 0 Å². The van der Waals surface area contributed by atoms with Crippen molar-refractivity contribution in [1.82, 2.24) is 24.5 Å². The van der Waals surface area contributed by atoms with E-state index in [2.05, 4.69) is 10.2 Å². The summed E-state index contributed by atoms with van der Waals surface area (Å²) in [5.74, 6) is -1.26. The van der Waals surface area contributed by atoms with Gasteiger partial charge >= 0.3 is 5.97 Å². The highest BCUT2D eigenvalue weighted by Gasteiger charge is 2.15.